The molecule has 0 N–H and O–H groups in total. The summed E-state index contributed by atoms with van der Waals surface area (Å²) in [4.78, 5) is 16.9. The van der Waals surface area contributed by atoms with Gasteiger partial charge in [0.1, 0.15) is 11.4 Å². The highest BCUT2D eigenvalue weighted by molar-refractivity contribution is 9.08. The van der Waals surface area contributed by atoms with E-state index in [1.54, 1.807) is 6.20 Å². The van der Waals surface area contributed by atoms with Crippen LogP contribution in [-0.4, -0.2) is 28.2 Å². The number of carbonyl (C=O) groups is 1. The molecule has 0 amide bonds. The fraction of sp³-hybridized carbons (Fsp3) is 0.529. The van der Waals surface area contributed by atoms with Gasteiger partial charge in [-0.15, -0.1) is 0 Å². The van der Waals surface area contributed by atoms with Crippen LogP contribution in [0.25, 0.3) is 11.0 Å². The van der Waals surface area contributed by atoms with Gasteiger partial charge < -0.3 is 14.0 Å². The SMILES string of the molecule is CCOC(=O)c1c(CBr)n(C)c2ncc(OC3CCCC3)cc12. The van der Waals surface area contributed by atoms with Crippen molar-refractivity contribution in [2.75, 3.05) is 6.61 Å². The molecule has 2 aromatic heterocycles. The van der Waals surface area contributed by atoms with Gasteiger partial charge in [-0.3, -0.25) is 0 Å². The molecule has 0 radical (unpaired) electrons. The number of nitrogens with zero attached hydrogens (tertiary/aromatic N) is 2. The first-order valence-corrected chi connectivity index (χ1v) is 9.14. The van der Waals surface area contributed by atoms with Gasteiger partial charge in [0.2, 0.25) is 0 Å². The van der Waals surface area contributed by atoms with Gasteiger partial charge in [0, 0.05) is 23.5 Å². The van der Waals surface area contributed by atoms with Crippen LogP contribution in [0.3, 0.4) is 0 Å². The lowest BCUT2D eigenvalue weighted by Gasteiger charge is -2.12. The highest BCUT2D eigenvalue weighted by Gasteiger charge is 2.24. The lowest BCUT2D eigenvalue weighted by molar-refractivity contribution is 0.0527. The fourth-order valence-electron chi connectivity index (χ4n) is 3.19. The number of hydrogen-bond donors (Lipinski definition) is 0. The Morgan fingerprint density at radius 1 is 1.43 bits per heavy atom. The predicted molar refractivity (Wildman–Crippen MR) is 92.2 cm³/mol. The van der Waals surface area contributed by atoms with Gasteiger partial charge in [-0.1, -0.05) is 15.9 Å². The number of fused-ring (bicyclic) bond motifs is 1. The number of esters is 1. The number of pyridine rings is 1. The third-order valence-corrected chi connectivity index (χ3v) is 4.86. The van der Waals surface area contributed by atoms with E-state index in [2.05, 4.69) is 20.9 Å². The van der Waals surface area contributed by atoms with Crippen molar-refractivity contribution < 1.29 is 14.3 Å². The molecule has 1 aliphatic rings. The summed E-state index contributed by atoms with van der Waals surface area (Å²) in [5, 5.41) is 1.35. The minimum absolute atomic E-state index is 0.264. The highest BCUT2D eigenvalue weighted by atomic mass is 79.9. The summed E-state index contributed by atoms with van der Waals surface area (Å²) in [6.07, 6.45) is 6.61. The summed E-state index contributed by atoms with van der Waals surface area (Å²) < 4.78 is 13.2. The quantitative estimate of drug-likeness (QED) is 0.581. The maximum atomic E-state index is 12.4. The normalized spacial score (nSPS) is 15.3. The molecule has 0 saturated heterocycles. The molecular formula is C17H21BrN2O3. The molecule has 6 heteroatoms. The largest absolute Gasteiger partial charge is 0.489 e. The van der Waals surface area contributed by atoms with Crippen LogP contribution >= 0.6 is 15.9 Å². The Balaban J connectivity index is 2.04. The van der Waals surface area contributed by atoms with Gasteiger partial charge in [-0.05, 0) is 38.7 Å². The number of rotatable bonds is 5. The first kappa shape index (κ1) is 16.3. The van der Waals surface area contributed by atoms with Crippen LogP contribution in [0.15, 0.2) is 12.3 Å². The number of alkyl halides is 1. The summed E-state index contributed by atoms with van der Waals surface area (Å²) in [6.45, 7) is 2.16. The van der Waals surface area contributed by atoms with E-state index in [1.165, 1.54) is 12.8 Å². The summed E-state index contributed by atoms with van der Waals surface area (Å²) in [5.41, 5.74) is 2.20. The van der Waals surface area contributed by atoms with Crippen LogP contribution in [0.1, 0.15) is 48.7 Å². The van der Waals surface area contributed by atoms with Gasteiger partial charge in [0.15, 0.2) is 0 Å². The maximum Gasteiger partial charge on any atom is 0.340 e. The number of halogens is 1. The summed E-state index contributed by atoms with van der Waals surface area (Å²) in [7, 11) is 1.91. The van der Waals surface area contributed by atoms with Crippen molar-refractivity contribution in [3.8, 4) is 5.75 Å². The molecule has 0 atom stereocenters. The second-order valence-corrected chi connectivity index (χ2v) is 6.36. The van der Waals surface area contributed by atoms with Crippen LogP contribution in [0.4, 0.5) is 0 Å². The van der Waals surface area contributed by atoms with Crippen LogP contribution < -0.4 is 4.74 Å². The van der Waals surface area contributed by atoms with Crippen molar-refractivity contribution in [1.29, 1.82) is 0 Å². The molecular weight excluding hydrogens is 360 g/mol. The Labute approximate surface area is 144 Å². The lowest BCUT2D eigenvalue weighted by Crippen LogP contribution is -2.11. The molecule has 0 aliphatic heterocycles. The Morgan fingerprint density at radius 3 is 2.83 bits per heavy atom. The van der Waals surface area contributed by atoms with Crippen LogP contribution in [0.5, 0.6) is 5.75 Å². The van der Waals surface area contributed by atoms with Gasteiger partial charge >= 0.3 is 5.97 Å². The molecule has 23 heavy (non-hydrogen) atoms. The van der Waals surface area contributed by atoms with Gasteiger partial charge in [-0.25, -0.2) is 9.78 Å². The van der Waals surface area contributed by atoms with E-state index in [-0.39, 0.29) is 12.1 Å². The highest BCUT2D eigenvalue weighted by Crippen LogP contribution is 2.31. The average molecular weight is 381 g/mol. The van der Waals surface area contributed by atoms with Gasteiger partial charge in [-0.2, -0.15) is 0 Å². The van der Waals surface area contributed by atoms with E-state index < -0.39 is 0 Å². The molecule has 2 aromatic rings. The topological polar surface area (TPSA) is 53.4 Å². The monoisotopic (exact) mass is 380 g/mol. The molecule has 3 rings (SSSR count). The third kappa shape index (κ3) is 3.09. The number of hydrogen-bond acceptors (Lipinski definition) is 4. The minimum atomic E-state index is -0.313. The molecule has 0 aromatic carbocycles. The van der Waals surface area contributed by atoms with Crippen molar-refractivity contribution in [3.05, 3.63) is 23.5 Å². The van der Waals surface area contributed by atoms with Gasteiger partial charge in [0.25, 0.3) is 0 Å². The second kappa shape index (κ2) is 6.91. The summed E-state index contributed by atoms with van der Waals surface area (Å²) >= 11 is 3.46. The number of ether oxygens (including phenoxy) is 2. The molecule has 2 heterocycles. The third-order valence-electron chi connectivity index (χ3n) is 4.33. The minimum Gasteiger partial charge on any atom is -0.489 e. The van der Waals surface area contributed by atoms with Crippen LogP contribution in [0, 0.1) is 0 Å². The van der Waals surface area contributed by atoms with Crippen molar-refractivity contribution in [3.63, 3.8) is 0 Å². The summed E-state index contributed by atoms with van der Waals surface area (Å²) in [6, 6.07) is 1.92. The van der Waals surface area contributed by atoms with E-state index in [1.807, 2.05) is 24.6 Å². The van der Waals surface area contributed by atoms with Crippen molar-refractivity contribution in [2.45, 2.75) is 44.0 Å². The smallest absolute Gasteiger partial charge is 0.340 e. The first-order chi connectivity index (χ1) is 11.2. The predicted octanol–water partition coefficient (Wildman–Crippen LogP) is 3.97. The average Bonchev–Trinajstić information content (AvgIpc) is 3.13. The van der Waals surface area contributed by atoms with Crippen molar-refractivity contribution >= 4 is 32.9 Å². The second-order valence-electron chi connectivity index (χ2n) is 5.80. The molecule has 1 saturated carbocycles. The Morgan fingerprint density at radius 2 is 2.17 bits per heavy atom. The maximum absolute atomic E-state index is 12.4. The van der Waals surface area contributed by atoms with E-state index in [4.69, 9.17) is 9.47 Å². The fourth-order valence-corrected chi connectivity index (χ4v) is 3.85. The standard InChI is InChI=1S/C17H21BrN2O3/c1-3-22-17(21)15-13-8-12(23-11-6-4-5-7-11)10-19-16(13)20(2)14(15)9-18/h8,10-11H,3-7,9H2,1-2H3. The molecule has 1 fully saturated rings. The Kier molecular flexibility index (Phi) is 4.90. The zero-order valence-corrected chi connectivity index (χ0v) is 15.1. The van der Waals surface area contributed by atoms with Crippen molar-refractivity contribution in [1.82, 2.24) is 9.55 Å². The molecule has 124 valence electrons. The Bertz CT molecular complexity index is 720. The van der Waals surface area contributed by atoms with E-state index in [0.717, 1.165) is 35.3 Å². The molecule has 5 nitrogen and oxygen atoms in total. The lowest BCUT2D eigenvalue weighted by atomic mass is 10.1. The number of carbonyl (C=O) groups excluding carboxylic acids is 1. The first-order valence-electron chi connectivity index (χ1n) is 8.02. The zero-order valence-electron chi connectivity index (χ0n) is 13.5. The van der Waals surface area contributed by atoms with Gasteiger partial charge in [0.05, 0.1) is 24.5 Å². The number of aryl methyl sites for hydroxylation is 1. The molecule has 1 aliphatic carbocycles. The van der Waals surface area contributed by atoms with E-state index in [0.29, 0.717) is 17.5 Å². The van der Waals surface area contributed by atoms with E-state index >= 15 is 0 Å². The Hall–Kier alpha value is -1.56. The van der Waals surface area contributed by atoms with Crippen LogP contribution in [0.2, 0.25) is 0 Å². The summed E-state index contributed by atoms with van der Waals surface area (Å²) in [5.74, 6) is 0.411. The molecule has 0 bridgehead atoms. The number of aromatic nitrogens is 2. The van der Waals surface area contributed by atoms with Crippen molar-refractivity contribution in [2.24, 2.45) is 7.05 Å². The molecule has 0 spiro atoms. The zero-order chi connectivity index (χ0) is 16.4. The van der Waals surface area contributed by atoms with Crippen LogP contribution in [-0.2, 0) is 17.1 Å². The molecule has 0 unspecified atom stereocenters. The van der Waals surface area contributed by atoms with E-state index in [9.17, 15) is 4.79 Å².